The second kappa shape index (κ2) is 5.77. The third-order valence-electron chi connectivity index (χ3n) is 0. The number of phosphoric acid groups is 1. The van der Waals surface area contributed by atoms with Gasteiger partial charge in [-0.15, -0.1) is 0 Å². The zero-order chi connectivity index (χ0) is 4.50. The number of hydrogen-bond acceptors (Lipinski definition) is 4. The van der Waals surface area contributed by atoms with Crippen molar-refractivity contribution in [3.63, 3.8) is 0 Å². The summed E-state index contributed by atoms with van der Waals surface area (Å²) in [5.41, 5.74) is 0. The summed E-state index contributed by atoms with van der Waals surface area (Å²) in [6, 6.07) is 0. The van der Waals surface area contributed by atoms with Gasteiger partial charge in [0.2, 0.25) is 0 Å². The molecule has 0 rings (SSSR count). The first-order chi connectivity index (χ1) is 2.00. The molecule has 0 aliphatic rings. The molecule has 0 aromatic heterocycles. The van der Waals surface area contributed by atoms with Gasteiger partial charge in [0.05, 0.1) is 0 Å². The fourth-order valence-corrected chi connectivity index (χ4v) is 0. The molecule has 0 heterocycles. The summed E-state index contributed by atoms with van der Waals surface area (Å²) in [6.45, 7) is 0. The minimum atomic E-state index is -5.39. The van der Waals surface area contributed by atoms with Gasteiger partial charge < -0.3 is 20.7 Å². The Morgan fingerprint density at radius 1 is 1.29 bits per heavy atom. The molecule has 0 aliphatic heterocycles. The van der Waals surface area contributed by atoms with E-state index in [0.29, 0.717) is 0 Å². The van der Waals surface area contributed by atoms with Crippen molar-refractivity contribution in [2.45, 2.75) is 0 Å². The van der Waals surface area contributed by atoms with Crippen molar-refractivity contribution in [2.24, 2.45) is 0 Å². The van der Waals surface area contributed by atoms with E-state index in [1.165, 1.54) is 0 Å². The van der Waals surface area contributed by atoms with Gasteiger partial charge in [0.1, 0.15) is 0 Å². The van der Waals surface area contributed by atoms with Gasteiger partial charge in [-0.25, -0.2) is 0 Å². The van der Waals surface area contributed by atoms with Gasteiger partial charge in [0, 0.05) is 0 Å². The molecule has 0 atom stereocenters. The molecule has 0 spiro atoms. The van der Waals surface area contributed by atoms with Crippen LogP contribution in [0, 0.1) is 0 Å². The van der Waals surface area contributed by atoms with Crippen molar-refractivity contribution in [3.8, 4) is 0 Å². The molecule has 7 heteroatoms. The van der Waals surface area contributed by atoms with Gasteiger partial charge in [0.25, 0.3) is 0 Å². The molecule has 0 radical (unpaired) electrons. The normalized spacial score (nSPS) is 8.43. The summed E-state index contributed by atoms with van der Waals surface area (Å²) >= 11 is 0. The van der Waals surface area contributed by atoms with Crippen LogP contribution < -0.4 is 44.2 Å². The molecule has 4 nitrogen and oxygen atoms in total. The van der Waals surface area contributed by atoms with Crippen LogP contribution in [0.5, 0.6) is 0 Å². The zero-order valence-corrected chi connectivity index (χ0v) is 7.71. The Bertz CT molecular complexity index is 62.2. The second-order valence-corrected chi connectivity index (χ2v) is 1.34. The van der Waals surface area contributed by atoms with E-state index in [9.17, 15) is 0 Å². The van der Waals surface area contributed by atoms with Crippen LogP contribution in [-0.4, -0.2) is 17.4 Å². The van der Waals surface area contributed by atoms with Crippen LogP contribution in [0.15, 0.2) is 0 Å². The predicted octanol–water partition coefficient (Wildman–Crippen LogP) is -6.09. The largest absolute Gasteiger partial charge is 3.00 e. The Morgan fingerprint density at radius 2 is 1.29 bits per heavy atom. The van der Waals surface area contributed by atoms with Crippen LogP contribution in [-0.2, 0) is 4.57 Å². The molecule has 0 saturated carbocycles. The zero-order valence-electron chi connectivity index (χ0n) is 4.66. The second-order valence-electron chi connectivity index (χ2n) is 0.447. The van der Waals surface area contributed by atoms with Crippen molar-refractivity contribution >= 4 is 25.2 Å². The minimum Gasteiger partial charge on any atom is -1.00 e. The number of rotatable bonds is 0. The standard InChI is InChI=1S/Al.Na.H3O4P.H/c;;1-5(2,3)4;/h;;(H3,1,2,3,4);/q+3;+1;;-1/p-3. The molecule has 7 heavy (non-hydrogen) atoms. The fourth-order valence-electron chi connectivity index (χ4n) is 0. The van der Waals surface area contributed by atoms with Crippen LogP contribution >= 0.6 is 7.82 Å². The van der Waals surface area contributed by atoms with Crippen LogP contribution in [0.1, 0.15) is 1.43 Å². The van der Waals surface area contributed by atoms with E-state index in [1.807, 2.05) is 0 Å². The van der Waals surface area contributed by atoms with Crippen LogP contribution in [0.25, 0.3) is 0 Å². The van der Waals surface area contributed by atoms with Gasteiger partial charge in [-0.2, -0.15) is 7.82 Å². The molecule has 0 unspecified atom stereocenters. The molecule has 0 aromatic rings. The maximum Gasteiger partial charge on any atom is 3.00 e. The first-order valence-electron chi connectivity index (χ1n) is 0.730. The Labute approximate surface area is 75.1 Å². The molecule has 0 saturated heterocycles. The SMILES string of the molecule is O=P([O-])([O-])[O-].[Al+3].[H-].[Na+]. The topological polar surface area (TPSA) is 86.2 Å². The summed E-state index contributed by atoms with van der Waals surface area (Å²) in [6.07, 6.45) is 0. The average Bonchev–Trinajstić information content (AvgIpc) is 0.722. The van der Waals surface area contributed by atoms with Gasteiger partial charge >= 0.3 is 46.9 Å². The average molecular weight is 146 g/mol. The molecule has 0 bridgehead atoms. The van der Waals surface area contributed by atoms with E-state index in [4.69, 9.17) is 19.2 Å². The van der Waals surface area contributed by atoms with E-state index in [0.717, 1.165) is 0 Å². The summed E-state index contributed by atoms with van der Waals surface area (Å²) in [5.74, 6) is 0. The first-order valence-corrected chi connectivity index (χ1v) is 2.19. The third-order valence-corrected chi connectivity index (χ3v) is 0. The number of hydrogen-bond donors (Lipinski definition) is 0. The Balaban J connectivity index is -0.0000000267. The monoisotopic (exact) mass is 146 g/mol. The van der Waals surface area contributed by atoms with Crippen molar-refractivity contribution in [1.82, 2.24) is 0 Å². The molecule has 34 valence electrons. The van der Waals surface area contributed by atoms with E-state index < -0.39 is 7.82 Å². The smallest absolute Gasteiger partial charge is 1.00 e. The molecular formula is HAlNaO4P. The maximum absolute atomic E-state index is 8.55. The molecule has 0 amide bonds. The van der Waals surface area contributed by atoms with Crippen LogP contribution in [0.2, 0.25) is 0 Å². The molecule has 0 N–H and O–H groups in total. The minimum absolute atomic E-state index is 0. The third kappa shape index (κ3) is 90.2. The molecule has 0 aromatic carbocycles. The van der Waals surface area contributed by atoms with Gasteiger partial charge in [0.15, 0.2) is 0 Å². The quantitative estimate of drug-likeness (QED) is 0.251. The molecular weight excluding hydrogens is 145 g/mol. The van der Waals surface area contributed by atoms with E-state index >= 15 is 0 Å². The van der Waals surface area contributed by atoms with E-state index in [2.05, 4.69) is 0 Å². The summed E-state index contributed by atoms with van der Waals surface area (Å²) in [7, 11) is -5.39. The van der Waals surface area contributed by atoms with Crippen molar-refractivity contribution in [2.75, 3.05) is 0 Å². The Hall–Kier alpha value is 1.64. The summed E-state index contributed by atoms with van der Waals surface area (Å²) in [4.78, 5) is 25.6. The maximum atomic E-state index is 8.55. The van der Waals surface area contributed by atoms with Crippen molar-refractivity contribution < 1.29 is 50.2 Å². The van der Waals surface area contributed by atoms with Crippen LogP contribution in [0.4, 0.5) is 0 Å². The fraction of sp³-hybridized carbons (Fsp3) is 0. The van der Waals surface area contributed by atoms with Crippen LogP contribution in [0.3, 0.4) is 0 Å². The summed E-state index contributed by atoms with van der Waals surface area (Å²) in [5, 5.41) is 0. The van der Waals surface area contributed by atoms with E-state index in [-0.39, 0.29) is 48.3 Å². The molecule has 0 aliphatic carbocycles. The first kappa shape index (κ1) is 15.9. The van der Waals surface area contributed by atoms with E-state index in [1.54, 1.807) is 0 Å². The van der Waals surface area contributed by atoms with Crippen molar-refractivity contribution in [1.29, 1.82) is 0 Å². The Kier molecular flexibility index (Phi) is 13.1. The predicted molar refractivity (Wildman–Crippen MR) is 14.5 cm³/mol. The Morgan fingerprint density at radius 3 is 1.29 bits per heavy atom. The summed E-state index contributed by atoms with van der Waals surface area (Å²) < 4.78 is 8.55. The van der Waals surface area contributed by atoms with Gasteiger partial charge in [-0.3, -0.25) is 0 Å². The van der Waals surface area contributed by atoms with Crippen molar-refractivity contribution in [3.05, 3.63) is 0 Å². The molecule has 0 fully saturated rings. The van der Waals surface area contributed by atoms with Gasteiger partial charge in [-0.1, -0.05) is 0 Å². The van der Waals surface area contributed by atoms with Gasteiger partial charge in [-0.05, 0) is 0 Å².